The Morgan fingerprint density at radius 2 is 2.21 bits per heavy atom. The fraction of sp³-hybridized carbons (Fsp3) is 0.312. The first-order valence-electron chi connectivity index (χ1n) is 7.21. The molecule has 6 nitrogen and oxygen atoms in total. The van der Waals surface area contributed by atoms with Crippen molar-refractivity contribution in [3.05, 3.63) is 51.9 Å². The first-order chi connectivity index (χ1) is 11.3. The van der Waals surface area contributed by atoms with Crippen LogP contribution in [-0.2, 0) is 14.3 Å². The number of hydrogen-bond acceptors (Lipinski definition) is 5. The molecule has 0 radical (unpaired) electrons. The van der Waals surface area contributed by atoms with Gasteiger partial charge >= 0.3 is 11.9 Å². The molecule has 3 heterocycles. The van der Waals surface area contributed by atoms with E-state index in [9.17, 15) is 23.5 Å². The number of hydrogen-bond donors (Lipinski definition) is 2. The number of ether oxygens (including phenoxy) is 1. The summed E-state index contributed by atoms with van der Waals surface area (Å²) in [6.45, 7) is 2.62. The first-order valence-corrected chi connectivity index (χ1v) is 7.21. The van der Waals surface area contributed by atoms with Gasteiger partial charge in [-0.2, -0.15) is 0 Å². The second kappa shape index (κ2) is 5.70. The molecule has 2 aliphatic heterocycles. The third-order valence-electron chi connectivity index (χ3n) is 4.12. The van der Waals surface area contributed by atoms with Crippen LogP contribution in [0.15, 0.2) is 34.9 Å². The number of alkyl halides is 1. The van der Waals surface area contributed by atoms with Crippen LogP contribution in [0.25, 0.3) is 0 Å². The number of nitrogens with one attached hydrogen (secondary N) is 1. The summed E-state index contributed by atoms with van der Waals surface area (Å²) in [4.78, 5) is 27.5. The smallest absolute Gasteiger partial charge is 0.337 e. The van der Waals surface area contributed by atoms with Crippen LogP contribution in [-0.4, -0.2) is 28.6 Å². The SMILES string of the molecule is CC1=C(C(=O)O)[C@@H](c2cncc(F)c2[C@@H](C)F)C2=C(COC2=O)N1. The summed E-state index contributed by atoms with van der Waals surface area (Å²) in [7, 11) is 0. The third kappa shape index (κ3) is 2.34. The van der Waals surface area contributed by atoms with E-state index in [-0.39, 0.29) is 34.6 Å². The van der Waals surface area contributed by atoms with Crippen LogP contribution in [0, 0.1) is 5.82 Å². The Morgan fingerprint density at radius 3 is 2.83 bits per heavy atom. The molecule has 0 aliphatic carbocycles. The number of dihydropyridines is 1. The first kappa shape index (κ1) is 16.1. The lowest BCUT2D eigenvalue weighted by Gasteiger charge is -2.28. The van der Waals surface area contributed by atoms with E-state index in [0.717, 1.165) is 13.1 Å². The molecule has 8 heteroatoms. The van der Waals surface area contributed by atoms with E-state index in [1.807, 2.05) is 0 Å². The molecule has 0 saturated heterocycles. The molecule has 0 aromatic carbocycles. The van der Waals surface area contributed by atoms with Crippen LogP contribution in [0.2, 0.25) is 0 Å². The molecule has 0 unspecified atom stereocenters. The fourth-order valence-corrected chi connectivity index (χ4v) is 3.17. The molecule has 3 rings (SSSR count). The largest absolute Gasteiger partial charge is 0.478 e. The fourth-order valence-electron chi connectivity index (χ4n) is 3.17. The van der Waals surface area contributed by atoms with Crippen molar-refractivity contribution in [2.24, 2.45) is 0 Å². The van der Waals surface area contributed by atoms with Crippen molar-refractivity contribution in [1.29, 1.82) is 0 Å². The summed E-state index contributed by atoms with van der Waals surface area (Å²) in [5.41, 5.74) is 0.263. The third-order valence-corrected chi connectivity index (χ3v) is 4.12. The van der Waals surface area contributed by atoms with E-state index in [4.69, 9.17) is 4.74 Å². The van der Waals surface area contributed by atoms with Gasteiger partial charge in [0.2, 0.25) is 0 Å². The number of carboxylic acids is 1. The minimum atomic E-state index is -1.70. The van der Waals surface area contributed by atoms with Crippen LogP contribution in [0.3, 0.4) is 0 Å². The Hall–Kier alpha value is -2.77. The number of nitrogens with zero attached hydrogens (tertiary/aromatic N) is 1. The highest BCUT2D eigenvalue weighted by Gasteiger charge is 2.43. The number of carbonyl (C=O) groups is 2. The van der Waals surface area contributed by atoms with Gasteiger partial charge in [-0.3, -0.25) is 4.98 Å². The number of esters is 1. The van der Waals surface area contributed by atoms with E-state index in [1.165, 1.54) is 13.1 Å². The summed E-state index contributed by atoms with van der Waals surface area (Å²) >= 11 is 0. The Morgan fingerprint density at radius 1 is 1.50 bits per heavy atom. The predicted octanol–water partition coefficient (Wildman–Crippen LogP) is 2.11. The lowest BCUT2D eigenvalue weighted by atomic mass is 9.79. The highest BCUT2D eigenvalue weighted by molar-refractivity contribution is 6.00. The van der Waals surface area contributed by atoms with Crippen molar-refractivity contribution in [3.63, 3.8) is 0 Å². The molecule has 0 bridgehead atoms. The number of carbonyl (C=O) groups excluding carboxylic acids is 1. The predicted molar refractivity (Wildman–Crippen MR) is 77.9 cm³/mol. The van der Waals surface area contributed by atoms with Gasteiger partial charge in [0.05, 0.1) is 29.0 Å². The number of cyclic esters (lactones) is 1. The zero-order valence-corrected chi connectivity index (χ0v) is 12.9. The van der Waals surface area contributed by atoms with Gasteiger partial charge in [-0.1, -0.05) is 0 Å². The summed E-state index contributed by atoms with van der Waals surface area (Å²) in [5, 5.41) is 12.4. The lowest BCUT2D eigenvalue weighted by Crippen LogP contribution is -2.30. The van der Waals surface area contributed by atoms with E-state index >= 15 is 0 Å². The number of carboxylic acid groups (broad SMARTS) is 1. The molecule has 1 aromatic rings. The van der Waals surface area contributed by atoms with Crippen molar-refractivity contribution >= 4 is 11.9 Å². The van der Waals surface area contributed by atoms with E-state index < -0.39 is 29.8 Å². The zero-order chi connectivity index (χ0) is 17.6. The molecule has 1 aromatic heterocycles. The minimum absolute atomic E-state index is 0.00889. The monoisotopic (exact) mass is 336 g/mol. The van der Waals surface area contributed by atoms with Crippen molar-refractivity contribution in [2.45, 2.75) is 25.9 Å². The maximum atomic E-state index is 14.1. The van der Waals surface area contributed by atoms with Crippen LogP contribution in [0.1, 0.15) is 37.1 Å². The number of pyridine rings is 1. The molecular weight excluding hydrogens is 322 g/mol. The average Bonchev–Trinajstić information content (AvgIpc) is 2.85. The van der Waals surface area contributed by atoms with Crippen molar-refractivity contribution in [3.8, 4) is 0 Å². The van der Waals surface area contributed by atoms with Crippen LogP contribution in [0.5, 0.6) is 0 Å². The van der Waals surface area contributed by atoms with E-state index in [2.05, 4.69) is 10.3 Å². The number of aliphatic carboxylic acids is 1. The van der Waals surface area contributed by atoms with Crippen molar-refractivity contribution in [1.82, 2.24) is 10.3 Å². The molecule has 2 aliphatic rings. The summed E-state index contributed by atoms with van der Waals surface area (Å²) in [5.74, 6) is -4.05. The van der Waals surface area contributed by atoms with Gasteiger partial charge < -0.3 is 15.2 Å². The van der Waals surface area contributed by atoms with Gasteiger partial charge in [-0.05, 0) is 19.4 Å². The molecule has 2 atom stereocenters. The van der Waals surface area contributed by atoms with Gasteiger partial charge in [-0.25, -0.2) is 18.4 Å². The molecule has 0 saturated carbocycles. The number of halogens is 2. The molecule has 126 valence electrons. The molecular formula is C16H14F2N2O4. The second-order valence-corrected chi connectivity index (χ2v) is 5.61. The second-order valence-electron chi connectivity index (χ2n) is 5.61. The Labute approximate surface area is 135 Å². The molecule has 0 spiro atoms. The van der Waals surface area contributed by atoms with Gasteiger partial charge in [0, 0.05) is 17.5 Å². The number of allylic oxidation sites excluding steroid dienone is 1. The maximum Gasteiger partial charge on any atom is 0.337 e. The van der Waals surface area contributed by atoms with Crippen molar-refractivity contribution in [2.75, 3.05) is 6.61 Å². The van der Waals surface area contributed by atoms with Crippen LogP contribution >= 0.6 is 0 Å². The Balaban J connectivity index is 2.29. The van der Waals surface area contributed by atoms with Gasteiger partial charge in [-0.15, -0.1) is 0 Å². The quantitative estimate of drug-likeness (QED) is 0.822. The molecule has 0 fully saturated rings. The summed E-state index contributed by atoms with van der Waals surface area (Å²) in [6, 6.07) is 0. The van der Waals surface area contributed by atoms with Gasteiger partial charge in [0.25, 0.3) is 0 Å². The average molecular weight is 336 g/mol. The highest BCUT2D eigenvalue weighted by atomic mass is 19.1. The standard InChI is InChI=1S/C16H14F2N2O4/c1-6(17)11-8(3-19-4-9(11)18)13-12(15(21)22)7(2)20-10-5-24-16(23)14(10)13/h3-4,6,13,20H,5H2,1-2H3,(H,21,22)/t6-,13-/m1/s1. The molecule has 0 amide bonds. The minimum Gasteiger partial charge on any atom is -0.478 e. The van der Waals surface area contributed by atoms with Gasteiger partial charge in [0.1, 0.15) is 18.6 Å². The van der Waals surface area contributed by atoms with Crippen LogP contribution < -0.4 is 5.32 Å². The zero-order valence-electron chi connectivity index (χ0n) is 12.9. The number of aromatic nitrogens is 1. The Bertz CT molecular complexity index is 812. The Kier molecular flexibility index (Phi) is 3.82. The number of rotatable bonds is 3. The van der Waals surface area contributed by atoms with Gasteiger partial charge in [0.15, 0.2) is 0 Å². The van der Waals surface area contributed by atoms with Crippen molar-refractivity contribution < 1.29 is 28.2 Å². The summed E-state index contributed by atoms with van der Waals surface area (Å²) < 4.78 is 33.1. The van der Waals surface area contributed by atoms with E-state index in [0.29, 0.717) is 5.70 Å². The summed E-state index contributed by atoms with van der Waals surface area (Å²) in [6.07, 6.45) is 0.348. The van der Waals surface area contributed by atoms with E-state index in [1.54, 1.807) is 0 Å². The topological polar surface area (TPSA) is 88.5 Å². The van der Waals surface area contributed by atoms with Crippen LogP contribution in [0.4, 0.5) is 8.78 Å². The highest BCUT2D eigenvalue weighted by Crippen LogP contribution is 2.43. The molecule has 2 N–H and O–H groups in total. The normalized spacial score (nSPS) is 21.3. The maximum absolute atomic E-state index is 14.1. The lowest BCUT2D eigenvalue weighted by molar-refractivity contribution is -0.136. The molecule has 24 heavy (non-hydrogen) atoms.